The molecule has 1 aromatic carbocycles. The number of nitrogens with zero attached hydrogens (tertiary/aromatic N) is 2. The van der Waals surface area contributed by atoms with Crippen LogP contribution in [0.5, 0.6) is 0 Å². The fourth-order valence-electron chi connectivity index (χ4n) is 3.82. The monoisotopic (exact) mass is 348 g/mol. The van der Waals surface area contributed by atoms with Crippen LogP contribution in [0.2, 0.25) is 0 Å². The van der Waals surface area contributed by atoms with Gasteiger partial charge in [0, 0.05) is 43.5 Å². The minimum atomic E-state index is 0.0770. The molecule has 2 N–H and O–H groups in total. The lowest BCUT2D eigenvalue weighted by atomic mass is 10.1. The van der Waals surface area contributed by atoms with Gasteiger partial charge in [-0.1, -0.05) is 37.3 Å². The number of benzene rings is 1. The number of pyridine rings is 1. The Balaban J connectivity index is 1.35. The summed E-state index contributed by atoms with van der Waals surface area (Å²) in [4.78, 5) is 22.4. The third kappa shape index (κ3) is 3.63. The van der Waals surface area contributed by atoms with Crippen molar-refractivity contribution in [3.8, 4) is 0 Å². The quantitative estimate of drug-likeness (QED) is 0.745. The first-order valence-electron chi connectivity index (χ1n) is 9.15. The number of fused-ring (bicyclic) bond motifs is 1. The molecule has 1 fully saturated rings. The zero-order valence-corrected chi connectivity index (χ0v) is 15.0. The lowest BCUT2D eigenvalue weighted by Crippen LogP contribution is -2.40. The molecule has 1 aliphatic heterocycles. The number of carbonyl (C=O) groups is 1. The Hall–Kier alpha value is -2.66. The molecule has 0 radical (unpaired) electrons. The Kier molecular flexibility index (Phi) is 4.71. The van der Waals surface area contributed by atoms with E-state index in [1.165, 1.54) is 5.56 Å². The van der Waals surface area contributed by atoms with Crippen molar-refractivity contribution in [2.45, 2.75) is 25.9 Å². The average Bonchev–Trinajstić information content (AvgIpc) is 3.20. The standard InChI is InChI=1S/C21H24N4O/c1-15-12-25(13-16-6-3-2-4-7-16)14-19(15)24-20(26)10-17-11-23-21-18(17)8-5-9-22-21/h2-9,11,15,19H,10,12-14H2,1H3,(H,22,23)(H,24,26)/t15-,19+/m1/s1. The number of H-pyrrole nitrogens is 1. The predicted octanol–water partition coefficient (Wildman–Crippen LogP) is 2.74. The number of aromatic amines is 1. The van der Waals surface area contributed by atoms with Gasteiger partial charge in [0.1, 0.15) is 5.65 Å². The second-order valence-electron chi connectivity index (χ2n) is 7.22. The van der Waals surface area contributed by atoms with Crippen molar-refractivity contribution in [3.05, 3.63) is 66.0 Å². The Bertz CT molecular complexity index is 889. The maximum absolute atomic E-state index is 12.6. The number of aromatic nitrogens is 2. The first-order valence-corrected chi connectivity index (χ1v) is 9.15. The van der Waals surface area contributed by atoms with Crippen LogP contribution in [0.3, 0.4) is 0 Å². The van der Waals surface area contributed by atoms with Crippen LogP contribution in [0.15, 0.2) is 54.9 Å². The predicted molar refractivity (Wildman–Crippen MR) is 103 cm³/mol. The first kappa shape index (κ1) is 16.8. The van der Waals surface area contributed by atoms with Gasteiger partial charge in [-0.05, 0) is 29.2 Å². The third-order valence-corrected chi connectivity index (χ3v) is 5.17. The van der Waals surface area contributed by atoms with Crippen molar-refractivity contribution in [2.24, 2.45) is 5.92 Å². The highest BCUT2D eigenvalue weighted by Gasteiger charge is 2.30. The zero-order chi connectivity index (χ0) is 17.9. The van der Waals surface area contributed by atoms with Crippen LogP contribution >= 0.6 is 0 Å². The van der Waals surface area contributed by atoms with Gasteiger partial charge in [-0.15, -0.1) is 0 Å². The summed E-state index contributed by atoms with van der Waals surface area (Å²) >= 11 is 0. The van der Waals surface area contributed by atoms with Crippen LogP contribution in [0.25, 0.3) is 11.0 Å². The molecule has 4 rings (SSSR count). The second-order valence-corrected chi connectivity index (χ2v) is 7.22. The fourth-order valence-corrected chi connectivity index (χ4v) is 3.82. The van der Waals surface area contributed by atoms with E-state index < -0.39 is 0 Å². The van der Waals surface area contributed by atoms with Crippen LogP contribution in [0.1, 0.15) is 18.1 Å². The largest absolute Gasteiger partial charge is 0.351 e. The second kappa shape index (κ2) is 7.30. The van der Waals surface area contributed by atoms with E-state index >= 15 is 0 Å². The molecule has 5 nitrogen and oxygen atoms in total. The lowest BCUT2D eigenvalue weighted by Gasteiger charge is -2.17. The van der Waals surface area contributed by atoms with E-state index in [0.29, 0.717) is 12.3 Å². The Morgan fingerprint density at radius 2 is 2.08 bits per heavy atom. The summed E-state index contributed by atoms with van der Waals surface area (Å²) in [5.41, 5.74) is 3.15. The Morgan fingerprint density at radius 1 is 1.23 bits per heavy atom. The number of hydrogen-bond donors (Lipinski definition) is 2. The lowest BCUT2D eigenvalue weighted by molar-refractivity contribution is -0.121. The molecule has 0 saturated carbocycles. The summed E-state index contributed by atoms with van der Waals surface area (Å²) in [5, 5.41) is 4.25. The van der Waals surface area contributed by atoms with E-state index in [2.05, 4.69) is 51.4 Å². The van der Waals surface area contributed by atoms with Crippen molar-refractivity contribution in [1.82, 2.24) is 20.2 Å². The molecule has 0 bridgehead atoms. The molecule has 1 saturated heterocycles. The van der Waals surface area contributed by atoms with Crippen LogP contribution in [-0.2, 0) is 17.8 Å². The molecular formula is C21H24N4O. The maximum atomic E-state index is 12.6. The molecule has 0 aliphatic carbocycles. The summed E-state index contributed by atoms with van der Waals surface area (Å²) in [6.45, 7) is 5.06. The highest BCUT2D eigenvalue weighted by molar-refractivity contribution is 5.87. The molecule has 0 spiro atoms. The van der Waals surface area contributed by atoms with E-state index in [1.54, 1.807) is 6.20 Å². The molecule has 26 heavy (non-hydrogen) atoms. The van der Waals surface area contributed by atoms with Gasteiger partial charge in [0.15, 0.2) is 0 Å². The summed E-state index contributed by atoms with van der Waals surface area (Å²) in [5.74, 6) is 0.528. The molecule has 5 heteroatoms. The van der Waals surface area contributed by atoms with Gasteiger partial charge < -0.3 is 10.3 Å². The number of nitrogens with one attached hydrogen (secondary N) is 2. The highest BCUT2D eigenvalue weighted by atomic mass is 16.1. The molecule has 134 valence electrons. The normalized spacial score (nSPS) is 20.5. The topological polar surface area (TPSA) is 61.0 Å². The van der Waals surface area contributed by atoms with Gasteiger partial charge in [-0.25, -0.2) is 4.98 Å². The molecule has 1 aliphatic rings. The SMILES string of the molecule is C[C@@H]1CN(Cc2ccccc2)C[C@@H]1NC(=O)Cc1c[nH]c2ncccc12. The van der Waals surface area contributed by atoms with Crippen LogP contribution in [0.4, 0.5) is 0 Å². The molecule has 2 atom stereocenters. The minimum Gasteiger partial charge on any atom is -0.351 e. The number of rotatable bonds is 5. The molecule has 0 unspecified atom stereocenters. The van der Waals surface area contributed by atoms with Crippen LogP contribution < -0.4 is 5.32 Å². The summed E-state index contributed by atoms with van der Waals surface area (Å²) in [6.07, 6.45) is 4.02. The number of likely N-dealkylation sites (tertiary alicyclic amines) is 1. The minimum absolute atomic E-state index is 0.0770. The van der Waals surface area contributed by atoms with Crippen molar-refractivity contribution in [2.75, 3.05) is 13.1 Å². The number of carbonyl (C=O) groups excluding carboxylic acids is 1. The van der Waals surface area contributed by atoms with E-state index in [0.717, 1.165) is 36.2 Å². The molecule has 3 aromatic rings. The maximum Gasteiger partial charge on any atom is 0.224 e. The van der Waals surface area contributed by atoms with Gasteiger partial charge in [0.2, 0.25) is 5.91 Å². The van der Waals surface area contributed by atoms with Gasteiger partial charge in [-0.3, -0.25) is 9.69 Å². The van der Waals surface area contributed by atoms with Crippen molar-refractivity contribution >= 4 is 16.9 Å². The van der Waals surface area contributed by atoms with Crippen molar-refractivity contribution in [3.63, 3.8) is 0 Å². The van der Waals surface area contributed by atoms with E-state index in [-0.39, 0.29) is 11.9 Å². The Labute approximate surface area is 153 Å². The van der Waals surface area contributed by atoms with E-state index in [1.807, 2.05) is 24.4 Å². The van der Waals surface area contributed by atoms with Crippen LogP contribution in [-0.4, -0.2) is 39.9 Å². The molecular weight excluding hydrogens is 324 g/mol. The van der Waals surface area contributed by atoms with Gasteiger partial charge in [0.05, 0.1) is 6.42 Å². The number of hydrogen-bond acceptors (Lipinski definition) is 3. The van der Waals surface area contributed by atoms with Crippen LogP contribution in [0, 0.1) is 5.92 Å². The summed E-state index contributed by atoms with van der Waals surface area (Å²) in [7, 11) is 0. The van der Waals surface area contributed by atoms with Crippen molar-refractivity contribution in [1.29, 1.82) is 0 Å². The zero-order valence-electron chi connectivity index (χ0n) is 15.0. The fraction of sp³-hybridized carbons (Fsp3) is 0.333. The molecule has 2 aromatic heterocycles. The van der Waals surface area contributed by atoms with E-state index in [4.69, 9.17) is 0 Å². The van der Waals surface area contributed by atoms with Gasteiger partial charge in [-0.2, -0.15) is 0 Å². The summed E-state index contributed by atoms with van der Waals surface area (Å²) < 4.78 is 0. The summed E-state index contributed by atoms with van der Waals surface area (Å²) in [6, 6.07) is 14.6. The van der Waals surface area contributed by atoms with E-state index in [9.17, 15) is 4.79 Å². The highest BCUT2D eigenvalue weighted by Crippen LogP contribution is 2.20. The molecule has 3 heterocycles. The average molecular weight is 348 g/mol. The number of amides is 1. The first-order chi connectivity index (χ1) is 12.7. The molecule has 1 amide bonds. The van der Waals surface area contributed by atoms with Crippen molar-refractivity contribution < 1.29 is 4.79 Å². The smallest absolute Gasteiger partial charge is 0.224 e. The Morgan fingerprint density at radius 3 is 2.92 bits per heavy atom. The third-order valence-electron chi connectivity index (χ3n) is 5.17. The van der Waals surface area contributed by atoms with Gasteiger partial charge in [0.25, 0.3) is 0 Å². The van der Waals surface area contributed by atoms with Gasteiger partial charge >= 0.3 is 0 Å².